The Morgan fingerprint density at radius 2 is 1.79 bits per heavy atom. The Balaban J connectivity index is 1.94. The first-order chi connectivity index (χ1) is 6.74. The van der Waals surface area contributed by atoms with Crippen LogP contribution >= 0.6 is 22.6 Å². The van der Waals surface area contributed by atoms with Crippen LogP contribution in [0.3, 0.4) is 0 Å². The van der Waals surface area contributed by atoms with Crippen molar-refractivity contribution in [3.63, 3.8) is 0 Å². The molecular weight excluding hydrogens is 293 g/mol. The van der Waals surface area contributed by atoms with Crippen LogP contribution in [0, 0.1) is 3.57 Å². The topological polar surface area (TPSA) is 61.7 Å². The van der Waals surface area contributed by atoms with Gasteiger partial charge < -0.3 is 5.73 Å². The van der Waals surface area contributed by atoms with E-state index >= 15 is 0 Å². The van der Waals surface area contributed by atoms with Gasteiger partial charge in [0, 0.05) is 12.4 Å². The fourth-order valence-corrected chi connectivity index (χ4v) is 1.61. The maximum Gasteiger partial charge on any atom is 0.0719 e. The minimum atomic E-state index is 0.694. The lowest BCUT2D eigenvalue weighted by Gasteiger charge is -2.00. The van der Waals surface area contributed by atoms with E-state index in [1.807, 2.05) is 28.0 Å². The molecule has 14 heavy (non-hydrogen) atoms. The zero-order valence-corrected chi connectivity index (χ0v) is 9.63. The maximum absolute atomic E-state index is 5.54. The highest BCUT2D eigenvalue weighted by Crippen LogP contribution is 2.02. The minimum absolute atomic E-state index is 0.694. The van der Waals surface area contributed by atoms with Crippen LogP contribution in [0.2, 0.25) is 0 Å². The molecule has 2 N–H and O–H groups in total. The molecule has 0 aliphatic heterocycles. The van der Waals surface area contributed by atoms with Gasteiger partial charge in [0.05, 0.1) is 34.7 Å². The number of aryl methyl sites for hydroxylation is 2. The van der Waals surface area contributed by atoms with E-state index in [9.17, 15) is 0 Å². The largest absolute Gasteiger partial charge is 0.396 e. The molecule has 0 saturated carbocycles. The number of nitrogens with zero attached hydrogens (tertiary/aromatic N) is 4. The predicted molar refractivity (Wildman–Crippen MR) is 61.6 cm³/mol. The van der Waals surface area contributed by atoms with Crippen molar-refractivity contribution >= 4 is 28.3 Å². The van der Waals surface area contributed by atoms with Crippen molar-refractivity contribution in [2.75, 3.05) is 5.73 Å². The zero-order chi connectivity index (χ0) is 9.97. The number of hydrogen-bond acceptors (Lipinski definition) is 3. The molecule has 0 fully saturated rings. The van der Waals surface area contributed by atoms with Gasteiger partial charge in [0.25, 0.3) is 0 Å². The summed E-state index contributed by atoms with van der Waals surface area (Å²) >= 11 is 2.23. The summed E-state index contributed by atoms with van der Waals surface area (Å²) in [6, 6.07) is 0. The molecule has 74 valence electrons. The Labute approximate surface area is 95.0 Å². The van der Waals surface area contributed by atoms with E-state index < -0.39 is 0 Å². The normalized spacial score (nSPS) is 10.6. The van der Waals surface area contributed by atoms with Gasteiger partial charge in [-0.05, 0) is 22.6 Å². The lowest BCUT2D eigenvalue weighted by Crippen LogP contribution is -2.07. The first-order valence-electron chi connectivity index (χ1n) is 4.20. The van der Waals surface area contributed by atoms with Crippen LogP contribution in [-0.4, -0.2) is 19.6 Å². The summed E-state index contributed by atoms with van der Waals surface area (Å²) in [5, 5.41) is 8.26. The first kappa shape index (κ1) is 9.50. The third-order valence-corrected chi connectivity index (χ3v) is 2.37. The lowest BCUT2D eigenvalue weighted by atomic mass is 10.6. The fraction of sp³-hybridized carbons (Fsp3) is 0.250. The molecule has 5 nitrogen and oxygen atoms in total. The first-order valence-corrected chi connectivity index (χ1v) is 5.28. The van der Waals surface area contributed by atoms with Crippen LogP contribution in [0.25, 0.3) is 0 Å². The van der Waals surface area contributed by atoms with Crippen molar-refractivity contribution in [2.24, 2.45) is 0 Å². The van der Waals surface area contributed by atoms with Gasteiger partial charge in [-0.25, -0.2) is 0 Å². The summed E-state index contributed by atoms with van der Waals surface area (Å²) in [6.45, 7) is 1.60. The number of nitrogen functional groups attached to an aromatic ring is 1. The van der Waals surface area contributed by atoms with E-state index in [-0.39, 0.29) is 0 Å². The van der Waals surface area contributed by atoms with Crippen molar-refractivity contribution in [3.8, 4) is 0 Å². The minimum Gasteiger partial charge on any atom is -0.396 e. The van der Waals surface area contributed by atoms with E-state index in [1.54, 1.807) is 6.20 Å². The summed E-state index contributed by atoms with van der Waals surface area (Å²) in [5.74, 6) is 0. The molecule has 0 amide bonds. The number of anilines is 1. The fourth-order valence-electron chi connectivity index (χ4n) is 1.17. The molecule has 0 unspecified atom stereocenters. The Morgan fingerprint density at radius 3 is 2.29 bits per heavy atom. The van der Waals surface area contributed by atoms with Crippen LogP contribution in [0.4, 0.5) is 5.69 Å². The van der Waals surface area contributed by atoms with Crippen molar-refractivity contribution in [1.82, 2.24) is 19.6 Å². The van der Waals surface area contributed by atoms with E-state index in [0.29, 0.717) is 5.69 Å². The molecule has 0 aliphatic carbocycles. The van der Waals surface area contributed by atoms with Crippen LogP contribution in [-0.2, 0) is 13.1 Å². The third kappa shape index (κ3) is 2.25. The molecule has 0 saturated heterocycles. The Kier molecular flexibility index (Phi) is 2.71. The van der Waals surface area contributed by atoms with Gasteiger partial charge in [-0.2, -0.15) is 10.2 Å². The highest BCUT2D eigenvalue weighted by Gasteiger charge is 1.97. The molecule has 0 atom stereocenters. The van der Waals surface area contributed by atoms with E-state index in [2.05, 4.69) is 32.8 Å². The van der Waals surface area contributed by atoms with Gasteiger partial charge in [0.15, 0.2) is 0 Å². The molecule has 2 heterocycles. The average molecular weight is 303 g/mol. The summed E-state index contributed by atoms with van der Waals surface area (Å²) in [4.78, 5) is 0. The number of rotatable bonds is 3. The molecule has 0 radical (unpaired) electrons. The molecule has 2 rings (SSSR count). The van der Waals surface area contributed by atoms with E-state index in [1.165, 1.54) is 0 Å². The Hall–Kier alpha value is -1.05. The van der Waals surface area contributed by atoms with Crippen molar-refractivity contribution < 1.29 is 0 Å². The van der Waals surface area contributed by atoms with Gasteiger partial charge in [0.2, 0.25) is 0 Å². The molecule has 6 heteroatoms. The number of aromatic nitrogens is 4. The molecule has 0 bridgehead atoms. The van der Waals surface area contributed by atoms with Gasteiger partial charge in [-0.1, -0.05) is 0 Å². The molecular formula is C8H10IN5. The van der Waals surface area contributed by atoms with Gasteiger partial charge in [-0.3, -0.25) is 9.36 Å². The lowest BCUT2D eigenvalue weighted by molar-refractivity contribution is 0.500. The highest BCUT2D eigenvalue weighted by molar-refractivity contribution is 14.1. The van der Waals surface area contributed by atoms with Crippen LogP contribution in [0.15, 0.2) is 24.8 Å². The van der Waals surface area contributed by atoms with Gasteiger partial charge in [0.1, 0.15) is 0 Å². The number of halogens is 1. The number of nitrogens with two attached hydrogens (primary N) is 1. The Morgan fingerprint density at radius 1 is 1.14 bits per heavy atom. The van der Waals surface area contributed by atoms with Crippen LogP contribution in [0.1, 0.15) is 0 Å². The number of hydrogen-bond donors (Lipinski definition) is 1. The second-order valence-electron chi connectivity index (χ2n) is 2.96. The molecule has 0 aliphatic rings. The SMILES string of the molecule is Nc1cnn(CCn2cc(I)cn2)c1. The molecule has 2 aromatic rings. The van der Waals surface area contributed by atoms with E-state index in [0.717, 1.165) is 16.7 Å². The summed E-state index contributed by atoms with van der Waals surface area (Å²) in [7, 11) is 0. The van der Waals surface area contributed by atoms with Crippen molar-refractivity contribution in [3.05, 3.63) is 28.4 Å². The standard InChI is InChI=1S/C8H10IN5/c9-7-3-11-13(5-7)1-2-14-6-8(10)4-12-14/h3-6H,1-2,10H2. The maximum atomic E-state index is 5.54. The molecule has 0 aromatic carbocycles. The average Bonchev–Trinajstić information content (AvgIpc) is 2.72. The molecule has 2 aromatic heterocycles. The summed E-state index contributed by atoms with van der Waals surface area (Å²) in [5.41, 5.74) is 6.24. The second-order valence-corrected chi connectivity index (χ2v) is 4.20. The second kappa shape index (κ2) is 3.99. The Bertz CT molecular complexity index is 379. The summed E-state index contributed by atoms with van der Waals surface area (Å²) in [6.07, 6.45) is 7.28. The van der Waals surface area contributed by atoms with Crippen molar-refractivity contribution in [1.29, 1.82) is 0 Å². The van der Waals surface area contributed by atoms with Crippen molar-refractivity contribution in [2.45, 2.75) is 13.1 Å². The monoisotopic (exact) mass is 303 g/mol. The van der Waals surface area contributed by atoms with Crippen LogP contribution in [0.5, 0.6) is 0 Å². The zero-order valence-electron chi connectivity index (χ0n) is 7.47. The third-order valence-electron chi connectivity index (χ3n) is 1.81. The smallest absolute Gasteiger partial charge is 0.0719 e. The molecule has 0 spiro atoms. The van der Waals surface area contributed by atoms with Crippen LogP contribution < -0.4 is 5.73 Å². The van der Waals surface area contributed by atoms with Gasteiger partial charge in [-0.15, -0.1) is 0 Å². The summed E-state index contributed by atoms with van der Waals surface area (Å²) < 4.78 is 4.84. The van der Waals surface area contributed by atoms with Gasteiger partial charge >= 0.3 is 0 Å². The predicted octanol–water partition coefficient (Wildman–Crippen LogP) is 0.967. The van der Waals surface area contributed by atoms with E-state index in [4.69, 9.17) is 5.73 Å². The highest BCUT2D eigenvalue weighted by atomic mass is 127. The quantitative estimate of drug-likeness (QED) is 0.859.